The highest BCUT2D eigenvalue weighted by molar-refractivity contribution is 5.20. The second kappa shape index (κ2) is 6.06. The first-order valence-electron chi connectivity index (χ1n) is 6.82. The first-order chi connectivity index (χ1) is 9.04. The zero-order chi connectivity index (χ0) is 13.8. The molecule has 0 spiro atoms. The van der Waals surface area contributed by atoms with Crippen molar-refractivity contribution in [3.8, 4) is 0 Å². The lowest BCUT2D eigenvalue weighted by atomic mass is 10.2. The summed E-state index contributed by atoms with van der Waals surface area (Å²) in [6, 6.07) is 2.10. The number of aryl methyl sites for hydroxylation is 2. The first-order valence-corrected chi connectivity index (χ1v) is 6.82. The molecule has 0 unspecified atom stereocenters. The third kappa shape index (κ3) is 3.96. The van der Waals surface area contributed by atoms with Gasteiger partial charge in [-0.1, -0.05) is 13.8 Å². The molecule has 0 aliphatic carbocycles. The molecule has 0 fully saturated rings. The molecule has 4 nitrogen and oxygen atoms in total. The van der Waals surface area contributed by atoms with Crippen molar-refractivity contribution in [2.45, 2.75) is 40.8 Å². The fourth-order valence-electron chi connectivity index (χ4n) is 2.03. The molecule has 0 bridgehead atoms. The molecule has 0 aliphatic rings. The second-order valence-electron chi connectivity index (χ2n) is 5.56. The largest absolute Gasteiger partial charge is 0.462 e. The predicted octanol–water partition coefficient (Wildman–Crippen LogP) is 2.89. The molecule has 0 radical (unpaired) electrons. The summed E-state index contributed by atoms with van der Waals surface area (Å²) in [6.07, 6.45) is 3.88. The third-order valence-electron chi connectivity index (χ3n) is 2.99. The van der Waals surface area contributed by atoms with E-state index in [4.69, 9.17) is 4.42 Å². The number of aromatic nitrogens is 2. The van der Waals surface area contributed by atoms with Gasteiger partial charge in [-0.15, -0.1) is 0 Å². The Hall–Kier alpha value is -1.55. The highest BCUT2D eigenvalue weighted by atomic mass is 16.3. The summed E-state index contributed by atoms with van der Waals surface area (Å²) in [5.74, 6) is 2.64. The van der Waals surface area contributed by atoms with Crippen LogP contribution in [-0.4, -0.2) is 16.3 Å². The summed E-state index contributed by atoms with van der Waals surface area (Å²) in [5.41, 5.74) is 2.37. The molecule has 0 aromatic carbocycles. The number of furan rings is 1. The Balaban J connectivity index is 1.96. The molecule has 0 amide bonds. The normalized spacial score (nSPS) is 11.4. The molecule has 0 saturated heterocycles. The Morgan fingerprint density at radius 2 is 2.16 bits per heavy atom. The van der Waals surface area contributed by atoms with Crippen molar-refractivity contribution in [3.05, 3.63) is 41.1 Å². The van der Waals surface area contributed by atoms with Crippen LogP contribution in [0.3, 0.4) is 0 Å². The highest BCUT2D eigenvalue weighted by Crippen LogP contribution is 2.15. The van der Waals surface area contributed by atoms with Gasteiger partial charge in [-0.25, -0.2) is 0 Å². The fourth-order valence-corrected chi connectivity index (χ4v) is 2.03. The van der Waals surface area contributed by atoms with Gasteiger partial charge < -0.3 is 9.73 Å². The van der Waals surface area contributed by atoms with Crippen LogP contribution in [0.4, 0.5) is 0 Å². The van der Waals surface area contributed by atoms with Crippen molar-refractivity contribution in [2.75, 3.05) is 6.54 Å². The molecule has 0 atom stereocenters. The number of nitrogens with zero attached hydrogens (tertiary/aromatic N) is 2. The lowest BCUT2D eigenvalue weighted by Gasteiger charge is -2.06. The zero-order valence-electron chi connectivity index (χ0n) is 12.2. The van der Waals surface area contributed by atoms with Crippen LogP contribution in [0.25, 0.3) is 0 Å². The van der Waals surface area contributed by atoms with Crippen molar-refractivity contribution in [1.29, 1.82) is 0 Å². The Bertz CT molecular complexity index is 525. The molecule has 2 rings (SSSR count). The molecule has 19 heavy (non-hydrogen) atoms. The van der Waals surface area contributed by atoms with E-state index in [0.717, 1.165) is 24.6 Å². The Morgan fingerprint density at radius 3 is 2.79 bits per heavy atom. The van der Waals surface area contributed by atoms with Crippen molar-refractivity contribution < 1.29 is 4.42 Å². The molecule has 1 N–H and O–H groups in total. The van der Waals surface area contributed by atoms with Crippen LogP contribution >= 0.6 is 0 Å². The van der Waals surface area contributed by atoms with E-state index in [-0.39, 0.29) is 0 Å². The molecular formula is C15H23N3O. The number of rotatable bonds is 6. The van der Waals surface area contributed by atoms with Gasteiger partial charge in [0.1, 0.15) is 11.5 Å². The molecule has 2 heterocycles. The average molecular weight is 261 g/mol. The first kappa shape index (κ1) is 13.9. The average Bonchev–Trinajstić information content (AvgIpc) is 2.86. The van der Waals surface area contributed by atoms with E-state index >= 15 is 0 Å². The predicted molar refractivity (Wildman–Crippen MR) is 76.1 cm³/mol. The molecule has 104 valence electrons. The van der Waals surface area contributed by atoms with Gasteiger partial charge in [0.05, 0.1) is 19.3 Å². The van der Waals surface area contributed by atoms with Gasteiger partial charge >= 0.3 is 0 Å². The Kier molecular flexibility index (Phi) is 4.43. The maximum Gasteiger partial charge on any atom is 0.126 e. The highest BCUT2D eigenvalue weighted by Gasteiger charge is 2.08. The lowest BCUT2D eigenvalue weighted by molar-refractivity contribution is 0.421. The van der Waals surface area contributed by atoms with Crippen molar-refractivity contribution in [1.82, 2.24) is 15.1 Å². The molecule has 2 aromatic rings. The van der Waals surface area contributed by atoms with E-state index in [2.05, 4.69) is 37.3 Å². The summed E-state index contributed by atoms with van der Waals surface area (Å²) in [7, 11) is 0. The quantitative estimate of drug-likeness (QED) is 0.869. The fraction of sp³-hybridized carbons (Fsp3) is 0.533. The van der Waals surface area contributed by atoms with Crippen LogP contribution in [0.1, 0.15) is 36.5 Å². The summed E-state index contributed by atoms with van der Waals surface area (Å²) >= 11 is 0. The van der Waals surface area contributed by atoms with Crippen molar-refractivity contribution in [3.63, 3.8) is 0 Å². The van der Waals surface area contributed by atoms with E-state index < -0.39 is 0 Å². The smallest absolute Gasteiger partial charge is 0.126 e. The number of hydrogen-bond acceptors (Lipinski definition) is 3. The van der Waals surface area contributed by atoms with Crippen LogP contribution in [0.15, 0.2) is 22.9 Å². The van der Waals surface area contributed by atoms with E-state index in [0.29, 0.717) is 12.5 Å². The molecule has 2 aromatic heterocycles. The van der Waals surface area contributed by atoms with Gasteiger partial charge in [-0.2, -0.15) is 5.10 Å². The van der Waals surface area contributed by atoms with Gasteiger partial charge in [-0.05, 0) is 43.5 Å². The van der Waals surface area contributed by atoms with E-state index in [9.17, 15) is 0 Å². The standard InChI is InChI=1S/C15H23N3O/c1-11(2)6-16-8-15-13(4)5-14(19-15)10-18-9-12(3)7-17-18/h5,7,9,11,16H,6,8,10H2,1-4H3. The Morgan fingerprint density at radius 1 is 1.37 bits per heavy atom. The SMILES string of the molecule is Cc1cnn(Cc2cc(C)c(CNCC(C)C)o2)c1. The van der Waals surface area contributed by atoms with Crippen molar-refractivity contribution in [2.24, 2.45) is 5.92 Å². The lowest BCUT2D eigenvalue weighted by Crippen LogP contribution is -2.19. The summed E-state index contributed by atoms with van der Waals surface area (Å²) in [4.78, 5) is 0. The Labute approximate surface area is 114 Å². The maximum atomic E-state index is 5.89. The second-order valence-corrected chi connectivity index (χ2v) is 5.56. The van der Waals surface area contributed by atoms with Gasteiger partial charge in [0.2, 0.25) is 0 Å². The van der Waals surface area contributed by atoms with Crippen LogP contribution in [0.2, 0.25) is 0 Å². The minimum absolute atomic E-state index is 0.654. The minimum Gasteiger partial charge on any atom is -0.462 e. The number of nitrogens with one attached hydrogen (secondary N) is 1. The van der Waals surface area contributed by atoms with Crippen LogP contribution in [0.5, 0.6) is 0 Å². The topological polar surface area (TPSA) is 43.0 Å². The minimum atomic E-state index is 0.654. The van der Waals surface area contributed by atoms with Crippen molar-refractivity contribution >= 4 is 0 Å². The molecule has 0 aliphatic heterocycles. The monoisotopic (exact) mass is 261 g/mol. The van der Waals surface area contributed by atoms with E-state index in [1.54, 1.807) is 0 Å². The van der Waals surface area contributed by atoms with Gasteiger partial charge in [-0.3, -0.25) is 4.68 Å². The number of hydrogen-bond donors (Lipinski definition) is 1. The van der Waals surface area contributed by atoms with Crippen LogP contribution < -0.4 is 5.32 Å². The summed E-state index contributed by atoms with van der Waals surface area (Å²) in [6.45, 7) is 11.0. The van der Waals surface area contributed by atoms with E-state index in [1.165, 1.54) is 11.1 Å². The zero-order valence-corrected chi connectivity index (χ0v) is 12.2. The molecule has 4 heteroatoms. The van der Waals surface area contributed by atoms with Gasteiger partial charge in [0.25, 0.3) is 0 Å². The summed E-state index contributed by atoms with van der Waals surface area (Å²) < 4.78 is 7.79. The molecule has 0 saturated carbocycles. The van der Waals surface area contributed by atoms with Gasteiger partial charge in [0.15, 0.2) is 0 Å². The van der Waals surface area contributed by atoms with Crippen LogP contribution in [-0.2, 0) is 13.1 Å². The molecular weight excluding hydrogens is 238 g/mol. The third-order valence-corrected chi connectivity index (χ3v) is 2.99. The van der Waals surface area contributed by atoms with Gasteiger partial charge in [0, 0.05) is 6.20 Å². The maximum absolute atomic E-state index is 5.89. The summed E-state index contributed by atoms with van der Waals surface area (Å²) in [5, 5.41) is 7.68. The van der Waals surface area contributed by atoms with Crippen LogP contribution in [0, 0.1) is 19.8 Å². The van der Waals surface area contributed by atoms with E-state index in [1.807, 2.05) is 24.0 Å².